The van der Waals surface area contributed by atoms with E-state index in [-0.39, 0.29) is 11.3 Å². The molecule has 1 saturated heterocycles. The van der Waals surface area contributed by atoms with Gasteiger partial charge in [0.1, 0.15) is 0 Å². The summed E-state index contributed by atoms with van der Waals surface area (Å²) in [4.78, 5) is 14.8. The summed E-state index contributed by atoms with van der Waals surface area (Å²) in [6.07, 6.45) is 2.03. The standard InChI is InChI=1S/C20H31N3O3S/c1-16(2)13-19(24)22-14-17-7-5-6-8-18(17)20(15-22)9-11-23(12-10-20)27(25,26)21(3)4/h5-8,16H,9-15H2,1-4H3. The van der Waals surface area contributed by atoms with Crippen molar-refractivity contribution in [1.82, 2.24) is 13.5 Å². The molecule has 1 amide bonds. The van der Waals surface area contributed by atoms with Crippen molar-refractivity contribution in [3.05, 3.63) is 35.4 Å². The van der Waals surface area contributed by atoms with Gasteiger partial charge in [-0.05, 0) is 29.9 Å². The van der Waals surface area contributed by atoms with Crippen LogP contribution in [-0.2, 0) is 27.0 Å². The lowest BCUT2D eigenvalue weighted by Crippen LogP contribution is -2.55. The van der Waals surface area contributed by atoms with Crippen molar-refractivity contribution in [2.24, 2.45) is 5.92 Å². The first-order chi connectivity index (χ1) is 12.7. The number of hydrogen-bond donors (Lipinski definition) is 0. The third-order valence-electron chi connectivity index (χ3n) is 5.85. The molecular weight excluding hydrogens is 362 g/mol. The molecule has 0 bridgehead atoms. The smallest absolute Gasteiger partial charge is 0.281 e. The van der Waals surface area contributed by atoms with E-state index in [2.05, 4.69) is 32.0 Å². The first kappa shape index (κ1) is 20.3. The second-order valence-corrected chi connectivity index (χ2v) is 10.6. The average molecular weight is 394 g/mol. The van der Waals surface area contributed by atoms with E-state index < -0.39 is 10.2 Å². The van der Waals surface area contributed by atoms with E-state index in [0.29, 0.717) is 38.5 Å². The summed E-state index contributed by atoms with van der Waals surface area (Å²) in [5.74, 6) is 0.528. The number of amides is 1. The van der Waals surface area contributed by atoms with Gasteiger partial charge in [0.25, 0.3) is 10.2 Å². The van der Waals surface area contributed by atoms with E-state index >= 15 is 0 Å². The molecule has 27 heavy (non-hydrogen) atoms. The van der Waals surface area contributed by atoms with Crippen molar-refractivity contribution in [3.63, 3.8) is 0 Å². The number of fused-ring (bicyclic) bond motifs is 2. The summed E-state index contributed by atoms with van der Waals surface area (Å²) in [6.45, 7) is 6.45. The highest BCUT2D eigenvalue weighted by Crippen LogP contribution is 2.42. The Hall–Kier alpha value is -1.44. The van der Waals surface area contributed by atoms with Crippen LogP contribution in [0.4, 0.5) is 0 Å². The molecule has 1 aromatic carbocycles. The van der Waals surface area contributed by atoms with E-state index in [1.165, 1.54) is 15.4 Å². The molecule has 0 atom stereocenters. The Morgan fingerprint density at radius 3 is 2.41 bits per heavy atom. The fourth-order valence-electron chi connectivity index (χ4n) is 4.35. The zero-order valence-electron chi connectivity index (χ0n) is 16.8. The molecule has 0 unspecified atom stereocenters. The molecule has 2 aliphatic heterocycles. The Balaban J connectivity index is 1.87. The van der Waals surface area contributed by atoms with Gasteiger partial charge in [-0.25, -0.2) is 0 Å². The van der Waals surface area contributed by atoms with E-state index in [1.54, 1.807) is 18.4 Å². The molecule has 6 nitrogen and oxygen atoms in total. The zero-order valence-corrected chi connectivity index (χ0v) is 17.6. The van der Waals surface area contributed by atoms with Crippen LogP contribution < -0.4 is 0 Å². The summed E-state index contributed by atoms with van der Waals surface area (Å²) in [5.41, 5.74) is 2.34. The SMILES string of the molecule is CC(C)CC(=O)N1Cc2ccccc2C2(CCN(S(=O)(=O)N(C)C)CC2)C1. The van der Waals surface area contributed by atoms with E-state index in [0.717, 1.165) is 12.8 Å². The van der Waals surface area contributed by atoms with Crippen LogP contribution in [0.1, 0.15) is 44.2 Å². The molecule has 2 heterocycles. The second kappa shape index (κ2) is 7.53. The Kier molecular flexibility index (Phi) is 5.66. The van der Waals surface area contributed by atoms with E-state index in [1.807, 2.05) is 11.0 Å². The van der Waals surface area contributed by atoms with Crippen LogP contribution in [-0.4, -0.2) is 61.6 Å². The van der Waals surface area contributed by atoms with Gasteiger partial charge in [-0.1, -0.05) is 38.1 Å². The molecule has 1 fully saturated rings. The van der Waals surface area contributed by atoms with Gasteiger partial charge in [0.15, 0.2) is 0 Å². The predicted octanol–water partition coefficient (Wildman–Crippen LogP) is 2.21. The molecule has 7 heteroatoms. The van der Waals surface area contributed by atoms with Crippen LogP contribution in [0.15, 0.2) is 24.3 Å². The first-order valence-electron chi connectivity index (χ1n) is 9.69. The number of nitrogens with zero attached hydrogens (tertiary/aromatic N) is 3. The molecular formula is C20H31N3O3S. The van der Waals surface area contributed by atoms with Gasteiger partial charge >= 0.3 is 0 Å². The van der Waals surface area contributed by atoms with Gasteiger partial charge in [0.05, 0.1) is 0 Å². The molecule has 0 aromatic heterocycles. The van der Waals surface area contributed by atoms with Crippen molar-refractivity contribution in [1.29, 1.82) is 0 Å². The maximum Gasteiger partial charge on any atom is 0.281 e. The average Bonchev–Trinajstić information content (AvgIpc) is 2.61. The van der Waals surface area contributed by atoms with E-state index in [4.69, 9.17) is 0 Å². The lowest BCUT2D eigenvalue weighted by atomic mass is 9.69. The molecule has 150 valence electrons. The van der Waals surface area contributed by atoms with Gasteiger partial charge < -0.3 is 4.90 Å². The lowest BCUT2D eigenvalue weighted by Gasteiger charge is -2.48. The fraction of sp³-hybridized carbons (Fsp3) is 0.650. The minimum atomic E-state index is -3.39. The second-order valence-electron chi connectivity index (χ2n) is 8.47. The highest BCUT2D eigenvalue weighted by Gasteiger charge is 2.45. The van der Waals surface area contributed by atoms with Crippen LogP contribution >= 0.6 is 0 Å². The van der Waals surface area contributed by atoms with Crippen molar-refractivity contribution in [3.8, 4) is 0 Å². The van der Waals surface area contributed by atoms with Crippen molar-refractivity contribution in [2.75, 3.05) is 33.7 Å². The van der Waals surface area contributed by atoms with Gasteiger partial charge in [0, 0.05) is 52.1 Å². The predicted molar refractivity (Wildman–Crippen MR) is 106 cm³/mol. The molecule has 3 rings (SSSR count). The van der Waals surface area contributed by atoms with Crippen LogP contribution in [0.2, 0.25) is 0 Å². The molecule has 0 aliphatic carbocycles. The Labute approximate surface area is 163 Å². The Morgan fingerprint density at radius 1 is 1.19 bits per heavy atom. The largest absolute Gasteiger partial charge is 0.337 e. The molecule has 0 radical (unpaired) electrons. The van der Waals surface area contributed by atoms with Crippen LogP contribution in [0.3, 0.4) is 0 Å². The van der Waals surface area contributed by atoms with Gasteiger partial charge in [-0.2, -0.15) is 17.0 Å². The van der Waals surface area contributed by atoms with Crippen molar-refractivity contribution >= 4 is 16.1 Å². The van der Waals surface area contributed by atoms with E-state index in [9.17, 15) is 13.2 Å². The number of carbonyl (C=O) groups is 1. The van der Waals surface area contributed by atoms with Crippen LogP contribution in [0.5, 0.6) is 0 Å². The summed E-state index contributed by atoms with van der Waals surface area (Å²) in [5, 5.41) is 0. The van der Waals surface area contributed by atoms with Crippen LogP contribution in [0.25, 0.3) is 0 Å². The normalized spacial score (nSPS) is 20.3. The van der Waals surface area contributed by atoms with Crippen LogP contribution in [0, 0.1) is 5.92 Å². The molecule has 0 N–H and O–H groups in total. The topological polar surface area (TPSA) is 60.9 Å². The van der Waals surface area contributed by atoms with Gasteiger partial charge in [-0.3, -0.25) is 4.79 Å². The minimum absolute atomic E-state index is 0.153. The summed E-state index contributed by atoms with van der Waals surface area (Å²) >= 11 is 0. The first-order valence-corrected chi connectivity index (χ1v) is 11.1. The van der Waals surface area contributed by atoms with Crippen molar-refractivity contribution < 1.29 is 13.2 Å². The highest BCUT2D eigenvalue weighted by atomic mass is 32.2. The lowest BCUT2D eigenvalue weighted by molar-refractivity contribution is -0.134. The molecule has 0 saturated carbocycles. The Morgan fingerprint density at radius 2 is 1.81 bits per heavy atom. The number of benzene rings is 1. The van der Waals surface area contributed by atoms with Gasteiger partial charge in [-0.15, -0.1) is 0 Å². The zero-order chi connectivity index (χ0) is 19.8. The minimum Gasteiger partial charge on any atom is -0.337 e. The fourth-order valence-corrected chi connectivity index (χ4v) is 5.45. The summed E-state index contributed by atoms with van der Waals surface area (Å²) in [6, 6.07) is 8.34. The third kappa shape index (κ3) is 3.91. The molecule has 1 aromatic rings. The van der Waals surface area contributed by atoms with Crippen molar-refractivity contribution in [2.45, 2.75) is 45.1 Å². The monoisotopic (exact) mass is 393 g/mol. The summed E-state index contributed by atoms with van der Waals surface area (Å²) < 4.78 is 27.8. The molecule has 2 aliphatic rings. The number of piperidine rings is 1. The Bertz CT molecular complexity index is 796. The summed E-state index contributed by atoms with van der Waals surface area (Å²) in [7, 11) is -0.250. The maximum atomic E-state index is 12.8. The highest BCUT2D eigenvalue weighted by molar-refractivity contribution is 7.86. The number of hydrogen-bond acceptors (Lipinski definition) is 3. The number of carbonyl (C=O) groups excluding carboxylic acids is 1. The quantitative estimate of drug-likeness (QED) is 0.788. The third-order valence-corrected chi connectivity index (χ3v) is 7.79. The maximum absolute atomic E-state index is 12.8. The number of rotatable bonds is 4. The van der Waals surface area contributed by atoms with Gasteiger partial charge in [0.2, 0.25) is 5.91 Å². The molecule has 1 spiro atoms.